The molecule has 0 aliphatic carbocycles. The fourth-order valence-corrected chi connectivity index (χ4v) is 3.64. The number of esters is 1. The van der Waals surface area contributed by atoms with Crippen molar-refractivity contribution < 1.29 is 27.5 Å². The van der Waals surface area contributed by atoms with Gasteiger partial charge in [-0.2, -0.15) is 0 Å². The summed E-state index contributed by atoms with van der Waals surface area (Å²) in [4.78, 5) is 23.9. The van der Waals surface area contributed by atoms with Gasteiger partial charge in [-0.3, -0.25) is 4.79 Å². The van der Waals surface area contributed by atoms with Gasteiger partial charge in [0, 0.05) is 11.1 Å². The first-order chi connectivity index (χ1) is 14.7. The highest BCUT2D eigenvalue weighted by molar-refractivity contribution is 7.89. The molecular formula is C21H23ClN2O6S. The molecule has 2 N–H and O–H groups in total. The lowest BCUT2D eigenvalue weighted by atomic mass is 10.1. The second-order valence-corrected chi connectivity index (χ2v) is 8.69. The van der Waals surface area contributed by atoms with E-state index in [0.29, 0.717) is 10.6 Å². The Morgan fingerprint density at radius 2 is 1.84 bits per heavy atom. The van der Waals surface area contributed by atoms with E-state index in [1.165, 1.54) is 32.4 Å². The Labute approximate surface area is 186 Å². The summed E-state index contributed by atoms with van der Waals surface area (Å²) in [6, 6.07) is 11.1. The van der Waals surface area contributed by atoms with Crippen LogP contribution in [0.25, 0.3) is 6.08 Å². The lowest BCUT2D eigenvalue weighted by molar-refractivity contribution is -0.144. The molecule has 1 amide bonds. The molecule has 1 atom stereocenters. The zero-order valence-corrected chi connectivity index (χ0v) is 18.8. The van der Waals surface area contributed by atoms with Gasteiger partial charge in [-0.1, -0.05) is 29.8 Å². The van der Waals surface area contributed by atoms with Crippen molar-refractivity contribution >= 4 is 39.6 Å². The SMILES string of the molecule is CNS(=O)(=O)c1cc(/C=C/C(=O)OCC(=O)NC(C)c2ccc(Cl)cc2)ccc1OC. The van der Waals surface area contributed by atoms with E-state index in [-0.39, 0.29) is 16.7 Å². The summed E-state index contributed by atoms with van der Waals surface area (Å²) >= 11 is 5.84. The second-order valence-electron chi connectivity index (χ2n) is 6.40. The number of nitrogens with one attached hydrogen (secondary N) is 2. The van der Waals surface area contributed by atoms with E-state index in [1.807, 2.05) is 0 Å². The molecule has 8 nitrogen and oxygen atoms in total. The molecule has 0 aliphatic rings. The predicted molar refractivity (Wildman–Crippen MR) is 117 cm³/mol. The molecule has 1 unspecified atom stereocenters. The monoisotopic (exact) mass is 466 g/mol. The van der Waals surface area contributed by atoms with Crippen molar-refractivity contribution in [1.82, 2.24) is 10.0 Å². The van der Waals surface area contributed by atoms with Gasteiger partial charge in [0.1, 0.15) is 10.6 Å². The van der Waals surface area contributed by atoms with Crippen LogP contribution >= 0.6 is 11.6 Å². The van der Waals surface area contributed by atoms with Crippen molar-refractivity contribution in [3.63, 3.8) is 0 Å². The average Bonchev–Trinajstić information content (AvgIpc) is 2.76. The maximum absolute atomic E-state index is 12.1. The molecule has 10 heteroatoms. The van der Waals surface area contributed by atoms with Crippen LogP contribution in [0.5, 0.6) is 5.75 Å². The van der Waals surface area contributed by atoms with Gasteiger partial charge in [0.2, 0.25) is 10.0 Å². The van der Waals surface area contributed by atoms with Gasteiger partial charge in [0.05, 0.1) is 13.2 Å². The minimum atomic E-state index is -3.75. The molecule has 0 fully saturated rings. The van der Waals surface area contributed by atoms with Gasteiger partial charge in [-0.15, -0.1) is 0 Å². The van der Waals surface area contributed by atoms with Crippen LogP contribution in [0.2, 0.25) is 5.02 Å². The van der Waals surface area contributed by atoms with Crippen LogP contribution in [0, 0.1) is 0 Å². The smallest absolute Gasteiger partial charge is 0.331 e. The molecule has 0 spiro atoms. The molecule has 0 heterocycles. The van der Waals surface area contributed by atoms with Crippen LogP contribution in [0.1, 0.15) is 24.1 Å². The van der Waals surface area contributed by atoms with E-state index in [0.717, 1.165) is 11.6 Å². The Morgan fingerprint density at radius 3 is 2.45 bits per heavy atom. The molecule has 2 rings (SSSR count). The summed E-state index contributed by atoms with van der Waals surface area (Å²) in [6.45, 7) is 1.34. The summed E-state index contributed by atoms with van der Waals surface area (Å²) in [5.41, 5.74) is 1.29. The number of amides is 1. The number of benzene rings is 2. The lowest BCUT2D eigenvalue weighted by Crippen LogP contribution is -2.30. The number of rotatable bonds is 9. The Kier molecular flexibility index (Phi) is 8.61. The van der Waals surface area contributed by atoms with E-state index in [2.05, 4.69) is 10.0 Å². The van der Waals surface area contributed by atoms with E-state index in [1.54, 1.807) is 37.3 Å². The molecular weight excluding hydrogens is 444 g/mol. The highest BCUT2D eigenvalue weighted by atomic mass is 35.5. The molecule has 0 bridgehead atoms. The summed E-state index contributed by atoms with van der Waals surface area (Å²) in [5.74, 6) is -1.04. The molecule has 0 aliphatic heterocycles. The number of hydrogen-bond donors (Lipinski definition) is 2. The van der Waals surface area contributed by atoms with Crippen molar-refractivity contribution in [2.24, 2.45) is 0 Å². The van der Waals surface area contributed by atoms with Crippen LogP contribution in [0.3, 0.4) is 0 Å². The normalized spacial score (nSPS) is 12.4. The molecule has 0 aromatic heterocycles. The zero-order valence-electron chi connectivity index (χ0n) is 17.2. The average molecular weight is 467 g/mol. The maximum atomic E-state index is 12.1. The fraction of sp³-hybridized carbons (Fsp3) is 0.238. The van der Waals surface area contributed by atoms with Gasteiger partial charge < -0.3 is 14.8 Å². The molecule has 2 aromatic rings. The Morgan fingerprint density at radius 1 is 1.16 bits per heavy atom. The fourth-order valence-electron chi connectivity index (χ4n) is 2.58. The van der Waals surface area contributed by atoms with Crippen molar-refractivity contribution in [3.8, 4) is 5.75 Å². The third-order valence-corrected chi connectivity index (χ3v) is 5.94. The Hall–Kier alpha value is -2.88. The highest BCUT2D eigenvalue weighted by Gasteiger charge is 2.18. The molecule has 31 heavy (non-hydrogen) atoms. The third kappa shape index (κ3) is 7.09. The quantitative estimate of drug-likeness (QED) is 0.434. The lowest BCUT2D eigenvalue weighted by Gasteiger charge is -2.14. The number of carbonyl (C=O) groups excluding carboxylic acids is 2. The molecule has 0 saturated carbocycles. The molecule has 2 aromatic carbocycles. The van der Waals surface area contributed by atoms with Crippen LogP contribution in [-0.2, 0) is 24.3 Å². The summed E-state index contributed by atoms with van der Waals surface area (Å²) in [6.07, 6.45) is 2.48. The van der Waals surface area contributed by atoms with E-state index >= 15 is 0 Å². The standard InChI is InChI=1S/C21H23ClN2O6S/c1-14(16-6-8-17(22)9-7-16)24-20(25)13-30-21(26)11-5-15-4-10-18(29-3)19(12-15)31(27,28)23-2/h4-12,14,23H,13H2,1-3H3,(H,24,25)/b11-5+. The zero-order chi connectivity index (χ0) is 23.0. The summed E-state index contributed by atoms with van der Waals surface area (Å²) in [7, 11) is -1.10. The number of carbonyl (C=O) groups is 2. The first-order valence-corrected chi connectivity index (χ1v) is 11.0. The largest absolute Gasteiger partial charge is 0.495 e. The van der Waals surface area contributed by atoms with Crippen molar-refractivity contribution in [2.75, 3.05) is 20.8 Å². The van der Waals surface area contributed by atoms with Gasteiger partial charge >= 0.3 is 5.97 Å². The van der Waals surface area contributed by atoms with Gasteiger partial charge in [-0.25, -0.2) is 17.9 Å². The second kappa shape index (κ2) is 10.9. The molecule has 0 saturated heterocycles. The van der Waals surface area contributed by atoms with E-state index < -0.39 is 28.5 Å². The summed E-state index contributed by atoms with van der Waals surface area (Å²) in [5, 5.41) is 3.31. The maximum Gasteiger partial charge on any atom is 0.331 e. The van der Waals surface area contributed by atoms with Crippen molar-refractivity contribution in [1.29, 1.82) is 0 Å². The Balaban J connectivity index is 1.94. The van der Waals surface area contributed by atoms with E-state index in [9.17, 15) is 18.0 Å². The predicted octanol–water partition coefficient (Wildman–Crippen LogP) is 2.69. The number of hydrogen-bond acceptors (Lipinski definition) is 6. The van der Waals surface area contributed by atoms with Crippen LogP contribution in [0.15, 0.2) is 53.4 Å². The topological polar surface area (TPSA) is 111 Å². The van der Waals surface area contributed by atoms with Gasteiger partial charge in [0.25, 0.3) is 5.91 Å². The first-order valence-electron chi connectivity index (χ1n) is 9.17. The minimum Gasteiger partial charge on any atom is -0.495 e. The first kappa shape index (κ1) is 24.4. The van der Waals surface area contributed by atoms with Gasteiger partial charge in [0.15, 0.2) is 6.61 Å². The number of ether oxygens (including phenoxy) is 2. The molecule has 166 valence electrons. The van der Waals surface area contributed by atoms with E-state index in [4.69, 9.17) is 21.1 Å². The van der Waals surface area contributed by atoms with Crippen molar-refractivity contribution in [3.05, 3.63) is 64.7 Å². The van der Waals surface area contributed by atoms with Crippen molar-refractivity contribution in [2.45, 2.75) is 17.9 Å². The van der Waals surface area contributed by atoms with Gasteiger partial charge in [-0.05, 0) is 55.4 Å². The molecule has 0 radical (unpaired) electrons. The highest BCUT2D eigenvalue weighted by Crippen LogP contribution is 2.25. The Bertz CT molecular complexity index is 1070. The van der Waals surface area contributed by atoms with Crippen LogP contribution in [0.4, 0.5) is 0 Å². The summed E-state index contributed by atoms with van der Waals surface area (Å²) < 4.78 is 36.4. The number of sulfonamides is 1. The number of halogens is 1. The van der Waals surface area contributed by atoms with Crippen LogP contribution in [-0.4, -0.2) is 41.1 Å². The minimum absolute atomic E-state index is 0.0661. The van der Waals surface area contributed by atoms with Crippen LogP contribution < -0.4 is 14.8 Å². The third-order valence-electron chi connectivity index (χ3n) is 4.25. The number of methoxy groups -OCH3 is 1.